The fraction of sp³-hybridized carbons (Fsp3) is 0.211. The van der Waals surface area contributed by atoms with E-state index in [9.17, 15) is 9.18 Å². The van der Waals surface area contributed by atoms with E-state index in [0.29, 0.717) is 24.3 Å². The van der Waals surface area contributed by atoms with E-state index in [0.717, 1.165) is 29.7 Å². The third-order valence-corrected chi connectivity index (χ3v) is 4.51. The Morgan fingerprint density at radius 2 is 1.96 bits per heavy atom. The number of hydrogen-bond acceptors (Lipinski definition) is 5. The smallest absolute Gasteiger partial charge is 0.248 e. The van der Waals surface area contributed by atoms with Crippen LogP contribution in [0.15, 0.2) is 42.6 Å². The van der Waals surface area contributed by atoms with Crippen molar-refractivity contribution < 1.29 is 13.9 Å². The van der Waals surface area contributed by atoms with E-state index in [2.05, 4.69) is 15.1 Å². The summed E-state index contributed by atoms with van der Waals surface area (Å²) in [7, 11) is 0. The first-order chi connectivity index (χ1) is 12.6. The topological polar surface area (TPSA) is 81.3 Å². The summed E-state index contributed by atoms with van der Waals surface area (Å²) < 4.78 is 19.7. The van der Waals surface area contributed by atoms with Crippen LogP contribution in [0, 0.1) is 5.82 Å². The minimum absolute atomic E-state index is 0.267. The van der Waals surface area contributed by atoms with Crippen molar-refractivity contribution in [3.63, 3.8) is 0 Å². The van der Waals surface area contributed by atoms with Gasteiger partial charge in [0.15, 0.2) is 5.82 Å². The number of halogens is 1. The van der Waals surface area contributed by atoms with Crippen LogP contribution >= 0.6 is 0 Å². The summed E-state index contributed by atoms with van der Waals surface area (Å²) in [6, 6.07) is 9.67. The average molecular weight is 352 g/mol. The van der Waals surface area contributed by atoms with Crippen molar-refractivity contribution in [1.82, 2.24) is 10.2 Å². The normalized spacial score (nSPS) is 14.6. The number of fused-ring (bicyclic) bond motifs is 1. The summed E-state index contributed by atoms with van der Waals surface area (Å²) in [5.41, 5.74) is 6.55. The number of rotatable bonds is 3. The zero-order valence-electron chi connectivity index (χ0n) is 14.0. The lowest BCUT2D eigenvalue weighted by Crippen LogP contribution is -2.37. The number of primary amides is 1. The molecule has 2 N–H and O–H groups in total. The Balaban J connectivity index is 1.79. The fourth-order valence-electron chi connectivity index (χ4n) is 3.15. The van der Waals surface area contributed by atoms with Crippen LogP contribution in [0.2, 0.25) is 0 Å². The van der Waals surface area contributed by atoms with Gasteiger partial charge in [-0.1, -0.05) is 6.07 Å². The van der Waals surface area contributed by atoms with E-state index >= 15 is 0 Å². The van der Waals surface area contributed by atoms with Gasteiger partial charge < -0.3 is 15.4 Å². The summed E-state index contributed by atoms with van der Waals surface area (Å²) in [5, 5.41) is 10.2. The molecule has 1 aliphatic rings. The van der Waals surface area contributed by atoms with Gasteiger partial charge in [0.2, 0.25) is 5.91 Å². The van der Waals surface area contributed by atoms with Crippen LogP contribution in [-0.2, 0) is 4.74 Å². The molecule has 1 aliphatic heterocycles. The molecule has 3 aromatic rings. The molecule has 0 bridgehead atoms. The van der Waals surface area contributed by atoms with Crippen LogP contribution < -0.4 is 10.6 Å². The summed E-state index contributed by atoms with van der Waals surface area (Å²) in [5.74, 6) is -0.207. The zero-order valence-corrected chi connectivity index (χ0v) is 14.0. The van der Waals surface area contributed by atoms with E-state index < -0.39 is 11.7 Å². The maximum atomic E-state index is 14.3. The maximum absolute atomic E-state index is 14.3. The molecule has 2 aromatic carbocycles. The molecule has 1 amide bonds. The SMILES string of the molecule is NC(=O)c1ccc(F)c(-c2ccc3c(N4CCOCC4)nncc3c2)c1. The molecular weight excluding hydrogens is 335 g/mol. The lowest BCUT2D eigenvalue weighted by molar-refractivity contribution is 0.100. The van der Waals surface area contributed by atoms with Gasteiger partial charge in [0.05, 0.1) is 19.4 Å². The molecule has 1 fully saturated rings. The van der Waals surface area contributed by atoms with Gasteiger partial charge in [-0.2, -0.15) is 5.10 Å². The highest BCUT2D eigenvalue weighted by molar-refractivity contribution is 5.96. The zero-order chi connectivity index (χ0) is 18.1. The van der Waals surface area contributed by atoms with Gasteiger partial charge in [0, 0.05) is 35.0 Å². The van der Waals surface area contributed by atoms with Crippen molar-refractivity contribution in [3.05, 3.63) is 54.0 Å². The van der Waals surface area contributed by atoms with Crippen LogP contribution in [0.5, 0.6) is 0 Å². The van der Waals surface area contributed by atoms with Crippen LogP contribution in [0.4, 0.5) is 10.2 Å². The van der Waals surface area contributed by atoms with Crippen LogP contribution in [0.25, 0.3) is 21.9 Å². The second kappa shape index (κ2) is 6.68. The fourth-order valence-corrected chi connectivity index (χ4v) is 3.15. The average Bonchev–Trinajstić information content (AvgIpc) is 2.68. The standard InChI is InChI=1S/C19H17FN4O2/c20-17-4-2-13(18(21)25)10-16(17)12-1-3-15-14(9-12)11-22-23-19(15)24-5-7-26-8-6-24/h1-4,9-11H,5-8H2,(H2,21,25). The molecule has 0 atom stereocenters. The second-order valence-electron chi connectivity index (χ2n) is 6.13. The number of morpholine rings is 1. The Bertz CT molecular complexity index is 986. The third-order valence-electron chi connectivity index (χ3n) is 4.51. The van der Waals surface area contributed by atoms with Crippen molar-refractivity contribution in [3.8, 4) is 11.1 Å². The Kier molecular flexibility index (Phi) is 4.22. The third kappa shape index (κ3) is 2.97. The number of amides is 1. The summed E-state index contributed by atoms with van der Waals surface area (Å²) in [6.07, 6.45) is 1.65. The van der Waals surface area contributed by atoms with Crippen molar-refractivity contribution in [2.75, 3.05) is 31.2 Å². The van der Waals surface area contributed by atoms with E-state index in [1.165, 1.54) is 18.2 Å². The molecule has 0 spiro atoms. The highest BCUT2D eigenvalue weighted by atomic mass is 19.1. The molecule has 7 heteroatoms. The molecule has 132 valence electrons. The number of benzene rings is 2. The van der Waals surface area contributed by atoms with E-state index in [4.69, 9.17) is 10.5 Å². The maximum Gasteiger partial charge on any atom is 0.248 e. The number of anilines is 1. The van der Waals surface area contributed by atoms with Gasteiger partial charge in [0.25, 0.3) is 0 Å². The molecule has 4 rings (SSSR count). The number of nitrogens with zero attached hydrogens (tertiary/aromatic N) is 3. The van der Waals surface area contributed by atoms with Gasteiger partial charge >= 0.3 is 0 Å². The highest BCUT2D eigenvalue weighted by Crippen LogP contribution is 2.30. The Hall–Kier alpha value is -3.06. The van der Waals surface area contributed by atoms with Gasteiger partial charge in [-0.3, -0.25) is 4.79 Å². The molecule has 1 saturated heterocycles. The first-order valence-corrected chi connectivity index (χ1v) is 8.31. The van der Waals surface area contributed by atoms with Crippen molar-refractivity contribution in [1.29, 1.82) is 0 Å². The van der Waals surface area contributed by atoms with Crippen molar-refractivity contribution in [2.24, 2.45) is 5.73 Å². The molecule has 0 radical (unpaired) electrons. The molecule has 0 aliphatic carbocycles. The van der Waals surface area contributed by atoms with Gasteiger partial charge in [-0.15, -0.1) is 5.10 Å². The second-order valence-corrected chi connectivity index (χ2v) is 6.13. The lowest BCUT2D eigenvalue weighted by atomic mass is 9.99. The molecule has 6 nitrogen and oxygen atoms in total. The molecular formula is C19H17FN4O2. The van der Waals surface area contributed by atoms with Gasteiger partial charge in [-0.05, 0) is 35.9 Å². The predicted octanol–water partition coefficient (Wildman–Crippen LogP) is 2.37. The van der Waals surface area contributed by atoms with E-state index in [1.54, 1.807) is 6.20 Å². The first kappa shape index (κ1) is 16.4. The minimum Gasteiger partial charge on any atom is -0.378 e. The number of ether oxygens (including phenoxy) is 1. The van der Waals surface area contributed by atoms with Gasteiger partial charge in [0.1, 0.15) is 5.82 Å². The number of hydrogen-bond donors (Lipinski definition) is 1. The first-order valence-electron chi connectivity index (χ1n) is 8.31. The highest BCUT2D eigenvalue weighted by Gasteiger charge is 2.17. The molecule has 0 saturated carbocycles. The van der Waals surface area contributed by atoms with E-state index in [1.807, 2.05) is 18.2 Å². The number of nitrogens with two attached hydrogens (primary N) is 1. The molecule has 26 heavy (non-hydrogen) atoms. The summed E-state index contributed by atoms with van der Waals surface area (Å²) >= 11 is 0. The number of carbonyl (C=O) groups is 1. The van der Waals surface area contributed by atoms with Crippen LogP contribution in [0.3, 0.4) is 0 Å². The monoisotopic (exact) mass is 352 g/mol. The number of carbonyl (C=O) groups excluding carboxylic acids is 1. The number of aromatic nitrogens is 2. The Morgan fingerprint density at radius 3 is 2.73 bits per heavy atom. The quantitative estimate of drug-likeness (QED) is 0.783. The minimum atomic E-state index is -0.590. The Labute approximate surface area is 149 Å². The molecule has 0 unspecified atom stereocenters. The van der Waals surface area contributed by atoms with Gasteiger partial charge in [-0.25, -0.2) is 4.39 Å². The summed E-state index contributed by atoms with van der Waals surface area (Å²) in [4.78, 5) is 13.5. The van der Waals surface area contributed by atoms with E-state index in [-0.39, 0.29) is 5.56 Å². The largest absolute Gasteiger partial charge is 0.378 e. The lowest BCUT2D eigenvalue weighted by Gasteiger charge is -2.28. The predicted molar refractivity (Wildman–Crippen MR) is 96.5 cm³/mol. The Morgan fingerprint density at radius 1 is 1.15 bits per heavy atom. The van der Waals surface area contributed by atoms with Crippen molar-refractivity contribution in [2.45, 2.75) is 0 Å². The van der Waals surface area contributed by atoms with Crippen LogP contribution in [-0.4, -0.2) is 42.4 Å². The van der Waals surface area contributed by atoms with Crippen molar-refractivity contribution >= 4 is 22.5 Å². The van der Waals surface area contributed by atoms with Crippen LogP contribution in [0.1, 0.15) is 10.4 Å². The summed E-state index contributed by atoms with van der Waals surface area (Å²) in [6.45, 7) is 2.82. The molecule has 2 heterocycles. The molecule has 1 aromatic heterocycles.